The number of aryl methyl sites for hydroxylation is 2. The van der Waals surface area contributed by atoms with Gasteiger partial charge in [0.2, 0.25) is 0 Å². The summed E-state index contributed by atoms with van der Waals surface area (Å²) >= 11 is 5.04. The van der Waals surface area contributed by atoms with E-state index in [1.165, 1.54) is 16.1 Å². The first-order chi connectivity index (χ1) is 6.49. The summed E-state index contributed by atoms with van der Waals surface area (Å²) in [6, 6.07) is 6.17. The molecule has 3 nitrogen and oxygen atoms in total. The first-order valence-electron chi connectivity index (χ1n) is 4.37. The maximum Gasteiger partial charge on any atom is 0.187 e. The Balaban J connectivity index is 2.82. The number of hydrogen-bond acceptors (Lipinski definition) is 2. The predicted molar refractivity (Wildman–Crippen MR) is 64.1 cm³/mol. The fourth-order valence-electron chi connectivity index (χ4n) is 1.26. The van der Waals surface area contributed by atoms with Gasteiger partial charge in [0, 0.05) is 12.7 Å². The number of hydrogen-bond donors (Lipinski definition) is 2. The lowest BCUT2D eigenvalue weighted by molar-refractivity contribution is 0.548. The highest BCUT2D eigenvalue weighted by molar-refractivity contribution is 7.80. The summed E-state index contributed by atoms with van der Waals surface area (Å²) < 4.78 is 0. The molecule has 76 valence electrons. The van der Waals surface area contributed by atoms with Crippen molar-refractivity contribution in [3.05, 3.63) is 29.3 Å². The van der Waals surface area contributed by atoms with Gasteiger partial charge in [-0.1, -0.05) is 6.07 Å². The summed E-state index contributed by atoms with van der Waals surface area (Å²) in [7, 11) is 1.71. The number of nitrogens with zero attached hydrogens (tertiary/aromatic N) is 1. The maximum absolute atomic E-state index is 5.49. The lowest BCUT2D eigenvalue weighted by Gasteiger charge is -2.15. The van der Waals surface area contributed by atoms with Crippen molar-refractivity contribution in [1.82, 2.24) is 5.01 Å². The monoisotopic (exact) mass is 209 g/mol. The Morgan fingerprint density at radius 3 is 2.21 bits per heavy atom. The van der Waals surface area contributed by atoms with E-state index in [1.54, 1.807) is 7.05 Å². The Labute approximate surface area is 89.9 Å². The zero-order valence-electron chi connectivity index (χ0n) is 8.66. The second-order valence-electron chi connectivity index (χ2n) is 3.42. The van der Waals surface area contributed by atoms with Gasteiger partial charge < -0.3 is 5.32 Å². The Kier molecular flexibility index (Phi) is 3.43. The molecule has 0 fully saturated rings. The molecule has 0 bridgehead atoms. The smallest absolute Gasteiger partial charge is 0.187 e. The minimum Gasteiger partial charge on any atom is -0.332 e. The highest BCUT2D eigenvalue weighted by atomic mass is 32.1. The molecule has 0 aliphatic heterocycles. The third-order valence-electron chi connectivity index (χ3n) is 1.79. The number of nitrogens with one attached hydrogen (secondary N) is 1. The number of thiocarbonyl (C=S) groups is 1. The number of nitrogens with two attached hydrogens (primary N) is 1. The van der Waals surface area contributed by atoms with E-state index < -0.39 is 0 Å². The fourth-order valence-corrected chi connectivity index (χ4v) is 1.38. The second-order valence-corrected chi connectivity index (χ2v) is 3.80. The van der Waals surface area contributed by atoms with E-state index >= 15 is 0 Å². The van der Waals surface area contributed by atoms with Crippen LogP contribution in [-0.4, -0.2) is 17.2 Å². The zero-order valence-corrected chi connectivity index (χ0v) is 9.48. The molecule has 1 rings (SSSR count). The van der Waals surface area contributed by atoms with Crippen LogP contribution in [0.2, 0.25) is 0 Å². The number of hydrazine groups is 1. The summed E-state index contributed by atoms with van der Waals surface area (Å²) in [6.45, 7) is 4.10. The lowest BCUT2D eigenvalue weighted by atomic mass is 10.1. The quantitative estimate of drug-likeness (QED) is 0.420. The van der Waals surface area contributed by atoms with Crippen LogP contribution in [0.15, 0.2) is 18.2 Å². The summed E-state index contributed by atoms with van der Waals surface area (Å²) in [4.78, 5) is 0. The van der Waals surface area contributed by atoms with Gasteiger partial charge in [0.1, 0.15) is 0 Å². The molecule has 0 spiro atoms. The third-order valence-corrected chi connectivity index (χ3v) is 2.18. The van der Waals surface area contributed by atoms with Crippen molar-refractivity contribution in [3.8, 4) is 0 Å². The molecular weight excluding hydrogens is 194 g/mol. The van der Waals surface area contributed by atoms with Crippen molar-refractivity contribution >= 4 is 23.0 Å². The SMILES string of the molecule is Cc1cc(C)cc(NC(=S)N(C)N)c1. The van der Waals surface area contributed by atoms with E-state index in [0.29, 0.717) is 5.11 Å². The molecule has 0 saturated carbocycles. The van der Waals surface area contributed by atoms with Crippen LogP contribution in [0.3, 0.4) is 0 Å². The molecule has 14 heavy (non-hydrogen) atoms. The molecule has 4 heteroatoms. The molecule has 0 amide bonds. The van der Waals surface area contributed by atoms with Crippen LogP contribution in [0, 0.1) is 13.8 Å². The first-order valence-corrected chi connectivity index (χ1v) is 4.77. The molecule has 0 radical (unpaired) electrons. The predicted octanol–water partition coefficient (Wildman–Crippen LogP) is 1.81. The van der Waals surface area contributed by atoms with Crippen molar-refractivity contribution in [2.24, 2.45) is 5.84 Å². The molecule has 0 heterocycles. The largest absolute Gasteiger partial charge is 0.332 e. The van der Waals surface area contributed by atoms with Crippen LogP contribution >= 0.6 is 12.2 Å². The molecule has 3 N–H and O–H groups in total. The molecule has 0 aliphatic carbocycles. The van der Waals surface area contributed by atoms with Gasteiger partial charge in [-0.2, -0.15) is 0 Å². The average Bonchev–Trinajstić information content (AvgIpc) is 2.01. The highest BCUT2D eigenvalue weighted by Crippen LogP contribution is 2.13. The number of anilines is 1. The van der Waals surface area contributed by atoms with Crippen LogP contribution in [0.4, 0.5) is 5.69 Å². The van der Waals surface area contributed by atoms with Crippen molar-refractivity contribution in [2.45, 2.75) is 13.8 Å². The normalized spacial score (nSPS) is 9.71. The highest BCUT2D eigenvalue weighted by Gasteiger charge is 2.00. The average molecular weight is 209 g/mol. The van der Waals surface area contributed by atoms with Gasteiger partial charge in [-0.25, -0.2) is 5.84 Å². The Morgan fingerprint density at radius 2 is 1.79 bits per heavy atom. The molecule has 1 aromatic rings. The van der Waals surface area contributed by atoms with Crippen LogP contribution in [0.25, 0.3) is 0 Å². The summed E-state index contributed by atoms with van der Waals surface area (Å²) in [5.41, 5.74) is 3.38. The van der Waals surface area contributed by atoms with Crippen LogP contribution in [-0.2, 0) is 0 Å². The van der Waals surface area contributed by atoms with E-state index in [-0.39, 0.29) is 0 Å². The van der Waals surface area contributed by atoms with Gasteiger partial charge in [0.15, 0.2) is 5.11 Å². The van der Waals surface area contributed by atoms with Crippen LogP contribution in [0.1, 0.15) is 11.1 Å². The maximum atomic E-state index is 5.49. The minimum atomic E-state index is 0.509. The van der Waals surface area contributed by atoms with Crippen LogP contribution in [0.5, 0.6) is 0 Å². The molecule has 0 unspecified atom stereocenters. The zero-order chi connectivity index (χ0) is 10.7. The van der Waals surface area contributed by atoms with Gasteiger partial charge in [-0.15, -0.1) is 0 Å². The van der Waals surface area contributed by atoms with E-state index in [9.17, 15) is 0 Å². The van der Waals surface area contributed by atoms with Crippen molar-refractivity contribution in [1.29, 1.82) is 0 Å². The van der Waals surface area contributed by atoms with E-state index in [2.05, 4.69) is 11.4 Å². The van der Waals surface area contributed by atoms with E-state index in [0.717, 1.165) is 5.69 Å². The Morgan fingerprint density at radius 1 is 1.29 bits per heavy atom. The van der Waals surface area contributed by atoms with E-state index in [1.807, 2.05) is 26.0 Å². The summed E-state index contributed by atoms with van der Waals surface area (Å²) in [6.07, 6.45) is 0. The van der Waals surface area contributed by atoms with Gasteiger partial charge in [0.05, 0.1) is 0 Å². The topological polar surface area (TPSA) is 41.3 Å². The molecule has 0 atom stereocenters. The standard InChI is InChI=1S/C10H15N3S/c1-7-4-8(2)6-9(5-7)12-10(14)13(3)11/h4-6H,11H2,1-3H3,(H,12,14). The Bertz CT molecular complexity index is 327. The van der Waals surface area contributed by atoms with Gasteiger partial charge in [0.25, 0.3) is 0 Å². The van der Waals surface area contributed by atoms with Gasteiger partial charge in [-0.3, -0.25) is 5.01 Å². The number of rotatable bonds is 1. The van der Waals surface area contributed by atoms with Crippen molar-refractivity contribution < 1.29 is 0 Å². The third kappa shape index (κ3) is 2.97. The minimum absolute atomic E-state index is 0.509. The molecular formula is C10H15N3S. The van der Waals surface area contributed by atoms with Gasteiger partial charge in [-0.05, 0) is 49.3 Å². The molecule has 0 aromatic heterocycles. The van der Waals surface area contributed by atoms with Crippen LogP contribution < -0.4 is 11.2 Å². The molecule has 1 aromatic carbocycles. The molecule has 0 saturated heterocycles. The van der Waals surface area contributed by atoms with Crippen molar-refractivity contribution in [2.75, 3.05) is 12.4 Å². The summed E-state index contributed by atoms with van der Waals surface area (Å²) in [5, 5.41) is 4.95. The lowest BCUT2D eigenvalue weighted by Crippen LogP contribution is -2.36. The second kappa shape index (κ2) is 4.39. The summed E-state index contributed by atoms with van der Waals surface area (Å²) in [5.74, 6) is 5.49. The first kappa shape index (κ1) is 10.9. The van der Waals surface area contributed by atoms with E-state index in [4.69, 9.17) is 18.1 Å². The fraction of sp³-hybridized carbons (Fsp3) is 0.300. The Hall–Kier alpha value is -1.13. The van der Waals surface area contributed by atoms with Gasteiger partial charge >= 0.3 is 0 Å². The van der Waals surface area contributed by atoms with Crippen molar-refractivity contribution in [3.63, 3.8) is 0 Å². The molecule has 0 aliphatic rings. The number of benzene rings is 1.